The van der Waals surface area contributed by atoms with E-state index in [0.717, 1.165) is 0 Å². The zero-order valence-electron chi connectivity index (χ0n) is 13.5. The molecule has 0 spiro atoms. The third kappa shape index (κ3) is 4.86. The van der Waals surface area contributed by atoms with Gasteiger partial charge in [0.1, 0.15) is 42.7 Å². The molecule has 0 radical (unpaired) electrons. The standard InChI is InChI=1S/C12H22O13S/c1-3-5(13)7(15)9(17)11(23-3)22-2-4-6(14)8(16)10(18)12(24-4)25-26(19,20)21/h3-18H,2H2,1H3,(H,19,20,21)/t3-,4+,5-,6+,7+,8-,9+,10+,11+,12-/m0/s1. The van der Waals surface area contributed by atoms with Crippen molar-refractivity contribution in [1.82, 2.24) is 0 Å². The van der Waals surface area contributed by atoms with E-state index < -0.39 is 78.4 Å². The van der Waals surface area contributed by atoms with E-state index in [2.05, 4.69) is 4.18 Å². The van der Waals surface area contributed by atoms with E-state index in [-0.39, 0.29) is 0 Å². The Morgan fingerprint density at radius 1 is 0.808 bits per heavy atom. The summed E-state index contributed by atoms with van der Waals surface area (Å²) in [6.45, 7) is 0.825. The van der Waals surface area contributed by atoms with E-state index in [1.165, 1.54) is 6.92 Å². The molecule has 0 amide bonds. The summed E-state index contributed by atoms with van der Waals surface area (Å²) in [6, 6.07) is 0. The minimum absolute atomic E-state index is 0.590. The summed E-state index contributed by atoms with van der Waals surface area (Å²) in [4.78, 5) is 0. The first-order chi connectivity index (χ1) is 11.9. The number of hydrogen-bond donors (Lipinski definition) is 7. The lowest BCUT2D eigenvalue weighted by atomic mass is 9.99. The van der Waals surface area contributed by atoms with Crippen LogP contribution >= 0.6 is 0 Å². The zero-order valence-corrected chi connectivity index (χ0v) is 14.3. The van der Waals surface area contributed by atoms with Gasteiger partial charge in [-0.2, -0.15) is 8.42 Å². The monoisotopic (exact) mass is 406 g/mol. The third-order valence-corrected chi connectivity index (χ3v) is 4.55. The van der Waals surface area contributed by atoms with Crippen LogP contribution in [0.2, 0.25) is 0 Å². The van der Waals surface area contributed by atoms with E-state index in [4.69, 9.17) is 18.8 Å². The first-order valence-corrected chi connectivity index (χ1v) is 8.95. The molecule has 2 saturated heterocycles. The van der Waals surface area contributed by atoms with Crippen molar-refractivity contribution in [2.24, 2.45) is 0 Å². The van der Waals surface area contributed by atoms with Crippen molar-refractivity contribution in [3.05, 3.63) is 0 Å². The summed E-state index contributed by atoms with van der Waals surface area (Å²) in [5.41, 5.74) is 0. The van der Waals surface area contributed by atoms with Crippen LogP contribution in [-0.2, 0) is 28.8 Å². The Kier molecular flexibility index (Phi) is 6.92. The fraction of sp³-hybridized carbons (Fsp3) is 1.00. The van der Waals surface area contributed by atoms with Crippen LogP contribution in [0, 0.1) is 0 Å². The fourth-order valence-electron chi connectivity index (χ4n) is 2.59. The van der Waals surface area contributed by atoms with Gasteiger partial charge in [-0.1, -0.05) is 0 Å². The van der Waals surface area contributed by atoms with Crippen LogP contribution < -0.4 is 0 Å². The molecule has 0 aromatic carbocycles. The minimum atomic E-state index is -5.03. The Hall–Kier alpha value is -0.490. The van der Waals surface area contributed by atoms with E-state index in [1.54, 1.807) is 0 Å². The quantitative estimate of drug-likeness (QED) is 0.215. The first-order valence-electron chi connectivity index (χ1n) is 7.59. The average molecular weight is 406 g/mol. The highest BCUT2D eigenvalue weighted by Gasteiger charge is 2.47. The van der Waals surface area contributed by atoms with Gasteiger partial charge < -0.3 is 44.8 Å². The van der Waals surface area contributed by atoms with Crippen molar-refractivity contribution < 1.29 is 62.0 Å². The van der Waals surface area contributed by atoms with Crippen molar-refractivity contribution in [1.29, 1.82) is 0 Å². The Balaban J connectivity index is 2.01. The molecule has 154 valence electrons. The summed E-state index contributed by atoms with van der Waals surface area (Å²) in [7, 11) is -5.03. The number of ether oxygens (including phenoxy) is 3. The molecule has 13 nitrogen and oxygen atoms in total. The fourth-order valence-corrected chi connectivity index (χ4v) is 2.99. The molecule has 7 N–H and O–H groups in total. The lowest BCUT2D eigenvalue weighted by Gasteiger charge is -2.42. The molecule has 2 rings (SSSR count). The average Bonchev–Trinajstić information content (AvgIpc) is 2.55. The van der Waals surface area contributed by atoms with Crippen LogP contribution in [0.1, 0.15) is 6.92 Å². The molecular formula is C12H22O13S. The van der Waals surface area contributed by atoms with Gasteiger partial charge in [-0.05, 0) is 6.92 Å². The lowest BCUT2D eigenvalue weighted by molar-refractivity contribution is -0.318. The highest BCUT2D eigenvalue weighted by Crippen LogP contribution is 2.26. The van der Waals surface area contributed by atoms with E-state index >= 15 is 0 Å². The van der Waals surface area contributed by atoms with Gasteiger partial charge in [0.2, 0.25) is 6.29 Å². The highest BCUT2D eigenvalue weighted by atomic mass is 32.3. The second-order valence-electron chi connectivity index (χ2n) is 6.05. The molecule has 0 unspecified atom stereocenters. The van der Waals surface area contributed by atoms with E-state index in [0.29, 0.717) is 0 Å². The highest BCUT2D eigenvalue weighted by molar-refractivity contribution is 7.80. The Labute approximate surface area is 148 Å². The van der Waals surface area contributed by atoms with Gasteiger partial charge >= 0.3 is 10.4 Å². The summed E-state index contributed by atoms with van der Waals surface area (Å²) in [5.74, 6) is 0. The zero-order chi connectivity index (χ0) is 19.8. The second-order valence-corrected chi connectivity index (χ2v) is 7.10. The molecule has 0 bridgehead atoms. The molecule has 2 heterocycles. The van der Waals surface area contributed by atoms with Gasteiger partial charge in [0.05, 0.1) is 12.7 Å². The van der Waals surface area contributed by atoms with Crippen LogP contribution in [-0.4, -0.2) is 112 Å². The minimum Gasteiger partial charge on any atom is -0.388 e. The molecule has 14 heteroatoms. The molecule has 0 saturated carbocycles. The van der Waals surface area contributed by atoms with Crippen LogP contribution in [0.5, 0.6) is 0 Å². The van der Waals surface area contributed by atoms with Crippen LogP contribution in [0.4, 0.5) is 0 Å². The van der Waals surface area contributed by atoms with Crippen LogP contribution in [0.25, 0.3) is 0 Å². The Bertz CT molecular complexity index is 569. The predicted molar refractivity (Wildman–Crippen MR) is 77.6 cm³/mol. The number of rotatable bonds is 5. The lowest BCUT2D eigenvalue weighted by Crippen LogP contribution is -2.61. The molecule has 2 aliphatic rings. The maximum atomic E-state index is 10.8. The van der Waals surface area contributed by atoms with Crippen molar-refractivity contribution in [2.75, 3.05) is 6.61 Å². The molecule has 10 atom stereocenters. The SMILES string of the molecule is C[C@@H]1O[C@@H](OC[C@H]2O[C@@H](OS(=O)(=O)O)[C@H](O)[C@@H](O)[C@@H]2O)[C@H](O)[C@H](O)[C@H]1O. The molecule has 2 aliphatic heterocycles. The third-order valence-electron chi connectivity index (χ3n) is 4.12. The normalized spacial score (nSPS) is 47.7. The van der Waals surface area contributed by atoms with E-state index in [9.17, 15) is 39.1 Å². The largest absolute Gasteiger partial charge is 0.399 e. The van der Waals surface area contributed by atoms with Crippen LogP contribution in [0.15, 0.2) is 0 Å². The topological polar surface area (TPSA) is 213 Å². The van der Waals surface area contributed by atoms with Gasteiger partial charge in [-0.15, -0.1) is 0 Å². The number of hydrogen-bond acceptors (Lipinski definition) is 12. The number of aliphatic hydroxyl groups excluding tert-OH is 6. The van der Waals surface area contributed by atoms with Gasteiger partial charge in [0.15, 0.2) is 6.29 Å². The van der Waals surface area contributed by atoms with Crippen molar-refractivity contribution in [3.8, 4) is 0 Å². The van der Waals surface area contributed by atoms with Crippen molar-refractivity contribution >= 4 is 10.4 Å². The first kappa shape index (κ1) is 21.8. The Morgan fingerprint density at radius 3 is 1.92 bits per heavy atom. The summed E-state index contributed by atoms with van der Waals surface area (Å²) < 4.78 is 49.5. The molecule has 0 aromatic heterocycles. The maximum Gasteiger partial charge on any atom is 0.399 e. The second kappa shape index (κ2) is 8.26. The molecule has 0 aliphatic carbocycles. The van der Waals surface area contributed by atoms with Crippen molar-refractivity contribution in [3.63, 3.8) is 0 Å². The summed E-state index contributed by atoms with van der Waals surface area (Å²) >= 11 is 0. The van der Waals surface area contributed by atoms with Gasteiger partial charge in [0, 0.05) is 0 Å². The van der Waals surface area contributed by atoms with Gasteiger partial charge in [0.25, 0.3) is 0 Å². The number of aliphatic hydroxyl groups is 6. The Morgan fingerprint density at radius 2 is 1.35 bits per heavy atom. The maximum absolute atomic E-state index is 10.8. The summed E-state index contributed by atoms with van der Waals surface area (Å²) in [5, 5.41) is 58.4. The van der Waals surface area contributed by atoms with Crippen molar-refractivity contribution in [2.45, 2.75) is 68.3 Å². The predicted octanol–water partition coefficient (Wildman–Crippen LogP) is -4.54. The smallest absolute Gasteiger partial charge is 0.388 e. The van der Waals surface area contributed by atoms with Crippen LogP contribution in [0.3, 0.4) is 0 Å². The molecule has 2 fully saturated rings. The van der Waals surface area contributed by atoms with E-state index in [1.807, 2.05) is 0 Å². The van der Waals surface area contributed by atoms with Gasteiger partial charge in [-0.25, -0.2) is 4.18 Å². The molecular weight excluding hydrogens is 384 g/mol. The molecule has 26 heavy (non-hydrogen) atoms. The van der Waals surface area contributed by atoms with Gasteiger partial charge in [-0.3, -0.25) is 4.55 Å². The molecule has 0 aromatic rings. The summed E-state index contributed by atoms with van der Waals surface area (Å²) in [6.07, 6.45) is -16.0.